The molecule has 0 aliphatic heterocycles. The Kier molecular flexibility index (Phi) is 2.55. The van der Waals surface area contributed by atoms with Gasteiger partial charge in [0.1, 0.15) is 0 Å². The first kappa shape index (κ1) is 12.1. The zero-order chi connectivity index (χ0) is 14.4. The number of aryl methyl sites for hydroxylation is 1. The molecule has 0 amide bonds. The molecule has 4 aromatic rings. The van der Waals surface area contributed by atoms with Gasteiger partial charge in [-0.25, -0.2) is 9.50 Å². The van der Waals surface area contributed by atoms with Crippen molar-refractivity contribution < 1.29 is 0 Å². The number of hydrogen-bond acceptors (Lipinski definition) is 4. The van der Waals surface area contributed by atoms with E-state index in [-0.39, 0.29) is 5.56 Å². The lowest BCUT2D eigenvalue weighted by molar-refractivity contribution is 0.772. The molecule has 0 radical (unpaired) electrons. The van der Waals surface area contributed by atoms with E-state index in [0.29, 0.717) is 11.2 Å². The van der Waals surface area contributed by atoms with Crippen LogP contribution in [-0.2, 0) is 7.05 Å². The number of H-pyrrole nitrogens is 1. The predicted molar refractivity (Wildman–Crippen MR) is 81.3 cm³/mol. The number of nitrogens with zero attached hydrogens (tertiary/aromatic N) is 4. The van der Waals surface area contributed by atoms with E-state index < -0.39 is 0 Å². The maximum Gasteiger partial charge on any atom is 0.282 e. The molecule has 0 unspecified atom stereocenters. The molecule has 4 rings (SSSR count). The second-order valence-corrected chi connectivity index (χ2v) is 5.46. The summed E-state index contributed by atoms with van der Waals surface area (Å²) >= 11 is 1.61. The van der Waals surface area contributed by atoms with Crippen LogP contribution in [0.1, 0.15) is 0 Å². The molecule has 0 fully saturated rings. The molecule has 7 heteroatoms. The van der Waals surface area contributed by atoms with Crippen molar-refractivity contribution in [2.45, 2.75) is 0 Å². The summed E-state index contributed by atoms with van der Waals surface area (Å²) in [7, 11) is 1.80. The highest BCUT2D eigenvalue weighted by atomic mass is 32.1. The molecule has 4 heterocycles. The first-order valence-corrected chi connectivity index (χ1v) is 7.30. The topological polar surface area (TPSA) is 68.0 Å². The van der Waals surface area contributed by atoms with Gasteiger partial charge in [0.25, 0.3) is 5.56 Å². The molecule has 0 saturated carbocycles. The molecule has 0 saturated heterocycles. The highest BCUT2D eigenvalue weighted by Gasteiger charge is 2.14. The molecule has 0 aliphatic carbocycles. The van der Waals surface area contributed by atoms with Crippen molar-refractivity contribution in [1.29, 1.82) is 0 Å². The van der Waals surface area contributed by atoms with Crippen LogP contribution in [0.25, 0.3) is 28.0 Å². The van der Waals surface area contributed by atoms with Crippen molar-refractivity contribution in [1.82, 2.24) is 24.4 Å². The van der Waals surface area contributed by atoms with E-state index in [0.717, 1.165) is 16.8 Å². The van der Waals surface area contributed by atoms with E-state index in [2.05, 4.69) is 15.2 Å². The summed E-state index contributed by atoms with van der Waals surface area (Å²) in [6.45, 7) is 0. The van der Waals surface area contributed by atoms with Crippen molar-refractivity contribution in [2.75, 3.05) is 0 Å². The van der Waals surface area contributed by atoms with Crippen LogP contribution in [0.4, 0.5) is 0 Å². The third-order valence-corrected chi connectivity index (χ3v) is 4.15. The summed E-state index contributed by atoms with van der Waals surface area (Å²) in [6, 6.07) is 3.81. The third-order valence-electron chi connectivity index (χ3n) is 3.47. The Balaban J connectivity index is 1.98. The highest BCUT2D eigenvalue weighted by molar-refractivity contribution is 7.08. The van der Waals surface area contributed by atoms with Gasteiger partial charge in [-0.15, -0.1) is 0 Å². The number of nitrogens with one attached hydrogen (secondary N) is 1. The molecule has 4 aromatic heterocycles. The Morgan fingerprint density at radius 2 is 2.19 bits per heavy atom. The van der Waals surface area contributed by atoms with E-state index in [1.165, 1.54) is 4.52 Å². The molecule has 0 bridgehead atoms. The summed E-state index contributed by atoms with van der Waals surface area (Å²) in [5.41, 5.74) is 3.73. The van der Waals surface area contributed by atoms with Gasteiger partial charge in [0.2, 0.25) is 0 Å². The molecule has 104 valence electrons. The van der Waals surface area contributed by atoms with Gasteiger partial charge >= 0.3 is 0 Å². The highest BCUT2D eigenvalue weighted by Crippen LogP contribution is 2.25. The average molecular weight is 297 g/mol. The van der Waals surface area contributed by atoms with Gasteiger partial charge < -0.3 is 0 Å². The number of hydrogen-bond donors (Lipinski definition) is 1. The Hall–Kier alpha value is -2.67. The molecule has 0 aliphatic rings. The summed E-state index contributed by atoms with van der Waals surface area (Å²) in [4.78, 5) is 17.1. The zero-order valence-electron chi connectivity index (χ0n) is 11.1. The Morgan fingerprint density at radius 1 is 1.29 bits per heavy atom. The van der Waals surface area contributed by atoms with Crippen LogP contribution in [-0.4, -0.2) is 24.4 Å². The third kappa shape index (κ3) is 1.74. The second-order valence-electron chi connectivity index (χ2n) is 4.68. The zero-order valence-corrected chi connectivity index (χ0v) is 12.0. The largest absolute Gasteiger partial charge is 0.296 e. The van der Waals surface area contributed by atoms with Crippen LogP contribution in [0.5, 0.6) is 0 Å². The standard InChI is InChI=1S/C14H11N5OS/c1-18-12(2-4-16-18)11-6-15-13-10(9-3-5-21-8-9)7-17-19(13)14(11)20/h2-8,17H,1H3. The summed E-state index contributed by atoms with van der Waals surface area (Å²) < 4.78 is 3.13. The number of rotatable bonds is 2. The van der Waals surface area contributed by atoms with Crippen LogP contribution in [0.2, 0.25) is 0 Å². The van der Waals surface area contributed by atoms with Crippen LogP contribution >= 0.6 is 11.3 Å². The van der Waals surface area contributed by atoms with E-state index in [4.69, 9.17) is 0 Å². The summed E-state index contributed by atoms with van der Waals surface area (Å²) in [5, 5.41) is 11.1. The number of fused-ring (bicyclic) bond motifs is 1. The molecular formula is C14H11N5OS. The minimum absolute atomic E-state index is 0.134. The molecule has 1 N–H and O–H groups in total. The van der Waals surface area contributed by atoms with Crippen molar-refractivity contribution in [2.24, 2.45) is 7.05 Å². The number of aromatic amines is 1. The van der Waals surface area contributed by atoms with Crippen LogP contribution < -0.4 is 5.56 Å². The molecule has 0 aromatic carbocycles. The van der Waals surface area contributed by atoms with Gasteiger partial charge in [-0.1, -0.05) is 0 Å². The quantitative estimate of drug-likeness (QED) is 0.616. The lowest BCUT2D eigenvalue weighted by Crippen LogP contribution is -2.18. The SMILES string of the molecule is Cn1nccc1-c1cnc2c(-c3ccsc3)c[nH]n2c1=O. The minimum Gasteiger partial charge on any atom is -0.296 e. The van der Waals surface area contributed by atoms with E-state index in [1.54, 1.807) is 47.7 Å². The van der Waals surface area contributed by atoms with Gasteiger partial charge in [0.15, 0.2) is 5.65 Å². The van der Waals surface area contributed by atoms with Gasteiger partial charge in [0.05, 0.1) is 11.3 Å². The summed E-state index contributed by atoms with van der Waals surface area (Å²) in [6.07, 6.45) is 5.08. The van der Waals surface area contributed by atoms with Gasteiger partial charge in [0, 0.05) is 31.2 Å². The lowest BCUT2D eigenvalue weighted by Gasteiger charge is -2.02. The number of thiophene rings is 1. The minimum atomic E-state index is -0.134. The van der Waals surface area contributed by atoms with Crippen molar-refractivity contribution in [3.05, 3.63) is 51.8 Å². The van der Waals surface area contributed by atoms with Gasteiger partial charge in [-0.05, 0) is 28.5 Å². The molecular weight excluding hydrogens is 286 g/mol. The normalized spacial score (nSPS) is 11.3. The molecule has 21 heavy (non-hydrogen) atoms. The Morgan fingerprint density at radius 3 is 2.90 bits per heavy atom. The lowest BCUT2D eigenvalue weighted by atomic mass is 10.2. The van der Waals surface area contributed by atoms with E-state index in [9.17, 15) is 4.79 Å². The first-order valence-electron chi connectivity index (χ1n) is 6.36. The van der Waals surface area contributed by atoms with Crippen LogP contribution in [0.3, 0.4) is 0 Å². The summed E-state index contributed by atoms with van der Waals surface area (Å²) in [5.74, 6) is 0. The maximum atomic E-state index is 12.6. The van der Waals surface area contributed by atoms with Crippen LogP contribution in [0, 0.1) is 0 Å². The average Bonchev–Trinajstić information content (AvgIpc) is 3.18. The Bertz CT molecular complexity index is 977. The predicted octanol–water partition coefficient (Wildman–Crippen LogP) is 2.15. The first-order chi connectivity index (χ1) is 10.3. The fraction of sp³-hybridized carbons (Fsp3) is 0.0714. The van der Waals surface area contributed by atoms with E-state index >= 15 is 0 Å². The maximum absolute atomic E-state index is 12.6. The fourth-order valence-corrected chi connectivity index (χ4v) is 3.06. The molecule has 0 spiro atoms. The second kappa shape index (κ2) is 4.42. The molecule has 0 atom stereocenters. The monoisotopic (exact) mass is 297 g/mol. The van der Waals surface area contributed by atoms with Crippen molar-refractivity contribution >= 4 is 17.0 Å². The van der Waals surface area contributed by atoms with Crippen molar-refractivity contribution in [3.63, 3.8) is 0 Å². The Labute approximate surface area is 123 Å². The molecule has 6 nitrogen and oxygen atoms in total. The van der Waals surface area contributed by atoms with Gasteiger partial charge in [-0.2, -0.15) is 16.4 Å². The van der Waals surface area contributed by atoms with Crippen molar-refractivity contribution in [3.8, 4) is 22.4 Å². The van der Waals surface area contributed by atoms with E-state index in [1.807, 2.05) is 16.8 Å². The fourth-order valence-electron chi connectivity index (χ4n) is 2.40. The smallest absolute Gasteiger partial charge is 0.282 e. The van der Waals surface area contributed by atoms with Crippen LogP contribution in [0.15, 0.2) is 46.3 Å². The van der Waals surface area contributed by atoms with Gasteiger partial charge in [-0.3, -0.25) is 14.6 Å². The number of aromatic nitrogens is 5.